The minimum Gasteiger partial charge on any atom is -0.493 e. The molecule has 3 aromatic carbocycles. The lowest BCUT2D eigenvalue weighted by atomic mass is 10.00. The molecule has 0 bridgehead atoms. The molecule has 0 saturated carbocycles. The van der Waals surface area contributed by atoms with Crippen LogP contribution in [0.15, 0.2) is 65.7 Å². The number of nitrogens with one attached hydrogen (secondary N) is 5. The van der Waals surface area contributed by atoms with Gasteiger partial charge in [-0.05, 0) is 83.0 Å². The summed E-state index contributed by atoms with van der Waals surface area (Å²) in [6.07, 6.45) is -1.31. The molecule has 0 aromatic heterocycles. The van der Waals surface area contributed by atoms with Gasteiger partial charge in [-0.25, -0.2) is 19.4 Å². The fraction of sp³-hybridized carbons (Fsp3) is 0.385. The molecular formula is C39H46Cl2N6O10. The number of amides is 4. The number of nitrogens with zero attached hydrogens (tertiary/aromatic N) is 1. The third-order valence-corrected chi connectivity index (χ3v) is 8.38. The second-order valence-corrected chi connectivity index (χ2v) is 15.6. The van der Waals surface area contributed by atoms with Crippen LogP contribution in [0.1, 0.15) is 69.9 Å². The summed E-state index contributed by atoms with van der Waals surface area (Å²) in [5.41, 5.74) is -2.24. The average molecular weight is 830 g/mol. The quantitative estimate of drug-likeness (QED) is 0.0492. The van der Waals surface area contributed by atoms with Crippen LogP contribution in [0.5, 0.6) is 5.75 Å². The molecule has 0 spiro atoms. The number of ether oxygens (including phenoxy) is 4. The Bertz CT molecular complexity index is 1960. The highest BCUT2D eigenvalue weighted by Gasteiger charge is 2.40. The van der Waals surface area contributed by atoms with Crippen LogP contribution >= 0.6 is 23.2 Å². The number of carbonyl (C=O) groups excluding carboxylic acids is 5. The van der Waals surface area contributed by atoms with Crippen molar-refractivity contribution < 1.29 is 48.0 Å². The van der Waals surface area contributed by atoms with Gasteiger partial charge in [0.2, 0.25) is 11.9 Å². The highest BCUT2D eigenvalue weighted by atomic mass is 35.5. The molecule has 16 nitrogen and oxygen atoms in total. The van der Waals surface area contributed by atoms with Gasteiger partial charge in [0.05, 0.1) is 48.1 Å². The maximum atomic E-state index is 13.3. The summed E-state index contributed by atoms with van der Waals surface area (Å²) in [6, 6.07) is 16.6. The van der Waals surface area contributed by atoms with Gasteiger partial charge in [0.15, 0.2) is 0 Å². The summed E-state index contributed by atoms with van der Waals surface area (Å²) in [4.78, 5) is 68.7. The maximum Gasteiger partial charge on any atom is 0.414 e. The van der Waals surface area contributed by atoms with Gasteiger partial charge in [0.25, 0.3) is 11.6 Å². The van der Waals surface area contributed by atoms with E-state index in [4.69, 9.17) is 42.1 Å². The largest absolute Gasteiger partial charge is 0.493 e. The van der Waals surface area contributed by atoms with Crippen molar-refractivity contribution in [3.05, 3.63) is 81.8 Å². The van der Waals surface area contributed by atoms with Gasteiger partial charge < -0.3 is 40.0 Å². The Hall–Kier alpha value is -5.42. The average Bonchev–Trinajstić information content (AvgIpc) is 3.11. The molecule has 4 amide bonds. The fourth-order valence-electron chi connectivity index (χ4n) is 5.36. The number of guanidine groups is 1. The first-order chi connectivity index (χ1) is 26.7. The number of esters is 1. The lowest BCUT2D eigenvalue weighted by Gasteiger charge is -2.28. The molecule has 0 saturated heterocycles. The molecule has 2 atom stereocenters. The first-order valence-electron chi connectivity index (χ1n) is 17.7. The van der Waals surface area contributed by atoms with Gasteiger partial charge >= 0.3 is 18.2 Å². The Labute approximate surface area is 340 Å². The molecule has 18 heteroatoms. The zero-order valence-corrected chi connectivity index (χ0v) is 34.0. The van der Waals surface area contributed by atoms with Gasteiger partial charge in [-0.1, -0.05) is 53.5 Å². The van der Waals surface area contributed by atoms with Gasteiger partial charge in [0, 0.05) is 18.0 Å². The van der Waals surface area contributed by atoms with Crippen molar-refractivity contribution in [3.8, 4) is 16.9 Å². The van der Waals surface area contributed by atoms with Crippen LogP contribution in [0.2, 0.25) is 10.0 Å². The van der Waals surface area contributed by atoms with Crippen LogP contribution in [-0.2, 0) is 23.8 Å². The standard InChI is InChI=1S/C39H46Cl2N6O10/c1-37(2,3)56-35(51)45-34(46-36(52)57-38(4,5)6)44-24-13-14-29-25(19-24)28(15-16-55-29)42-20-30(48)43-21-39(53,33(50)54-7)47-32(49)31-26(40)17-23(18-27(31)41)22-11-9-8-10-12-22/h8-14,17-19,28,42,53H,15-16,20-21H2,1-7H3,(H,43,48)(H,47,49)(H2,44,45,46,51,52). The van der Waals surface area contributed by atoms with E-state index in [1.54, 1.807) is 59.7 Å². The number of aliphatic hydroxyl groups is 1. The summed E-state index contributed by atoms with van der Waals surface area (Å²) in [5.74, 6) is -2.67. The van der Waals surface area contributed by atoms with Crippen LogP contribution in [-0.4, -0.2) is 84.8 Å². The van der Waals surface area contributed by atoms with E-state index in [0.717, 1.165) is 12.7 Å². The molecule has 0 aliphatic carbocycles. The fourth-order valence-corrected chi connectivity index (χ4v) is 6.02. The summed E-state index contributed by atoms with van der Waals surface area (Å²) in [7, 11) is 1.00. The molecule has 4 rings (SSSR count). The van der Waals surface area contributed by atoms with Gasteiger partial charge in [-0.2, -0.15) is 0 Å². The predicted molar refractivity (Wildman–Crippen MR) is 212 cm³/mol. The lowest BCUT2D eigenvalue weighted by molar-refractivity contribution is -0.164. The number of alkyl carbamates (subject to hydrolysis) is 2. The van der Waals surface area contributed by atoms with Crippen LogP contribution in [0.4, 0.5) is 15.3 Å². The Morgan fingerprint density at radius 1 is 0.860 bits per heavy atom. The van der Waals surface area contributed by atoms with E-state index in [-0.39, 0.29) is 28.1 Å². The Morgan fingerprint density at radius 3 is 2.02 bits per heavy atom. The third-order valence-electron chi connectivity index (χ3n) is 7.78. The second-order valence-electron chi connectivity index (χ2n) is 14.8. The van der Waals surface area contributed by atoms with E-state index in [2.05, 4.69) is 31.6 Å². The number of carbonyl (C=O) groups is 5. The molecular weight excluding hydrogens is 783 g/mol. The van der Waals surface area contributed by atoms with Gasteiger partial charge in [0.1, 0.15) is 17.0 Å². The lowest BCUT2D eigenvalue weighted by Crippen LogP contribution is -2.61. The second kappa shape index (κ2) is 18.7. The summed E-state index contributed by atoms with van der Waals surface area (Å²) >= 11 is 12.9. The van der Waals surface area contributed by atoms with E-state index in [0.29, 0.717) is 35.6 Å². The molecule has 0 fully saturated rings. The van der Waals surface area contributed by atoms with Crippen molar-refractivity contribution in [1.29, 1.82) is 0 Å². The maximum absolute atomic E-state index is 13.3. The smallest absolute Gasteiger partial charge is 0.414 e. The van der Waals surface area contributed by atoms with Crippen molar-refractivity contribution in [1.82, 2.24) is 26.6 Å². The Balaban J connectivity index is 1.45. The molecule has 1 heterocycles. The van der Waals surface area contributed by atoms with E-state index < -0.39 is 59.5 Å². The predicted octanol–water partition coefficient (Wildman–Crippen LogP) is 5.52. The molecule has 57 heavy (non-hydrogen) atoms. The zero-order chi connectivity index (χ0) is 42.1. The minimum atomic E-state index is -2.71. The van der Waals surface area contributed by atoms with E-state index in [1.165, 1.54) is 12.1 Å². The normalized spacial score (nSPS) is 14.7. The topological polar surface area (TPSA) is 215 Å². The van der Waals surface area contributed by atoms with Crippen LogP contribution in [0.25, 0.3) is 11.1 Å². The van der Waals surface area contributed by atoms with Gasteiger partial charge in [-0.3, -0.25) is 20.2 Å². The molecule has 0 radical (unpaired) electrons. The molecule has 2 unspecified atom stereocenters. The molecule has 1 aliphatic heterocycles. The molecule has 1 aliphatic rings. The highest BCUT2D eigenvalue weighted by molar-refractivity contribution is 6.40. The Morgan fingerprint density at radius 2 is 1.46 bits per heavy atom. The first kappa shape index (κ1) is 44.3. The number of aliphatic imine (C=N–C) groups is 1. The zero-order valence-electron chi connectivity index (χ0n) is 32.5. The number of halogens is 2. The summed E-state index contributed by atoms with van der Waals surface area (Å²) < 4.78 is 21.1. The summed E-state index contributed by atoms with van der Waals surface area (Å²) in [5, 5.41) is 23.7. The number of hydrogen-bond acceptors (Lipinski definition) is 12. The van der Waals surface area contributed by atoms with Crippen molar-refractivity contribution in [2.24, 2.45) is 4.99 Å². The molecule has 3 aromatic rings. The first-order valence-corrected chi connectivity index (χ1v) is 18.5. The highest BCUT2D eigenvalue weighted by Crippen LogP contribution is 2.35. The van der Waals surface area contributed by atoms with Crippen LogP contribution < -0.4 is 31.3 Å². The van der Waals surface area contributed by atoms with Crippen molar-refractivity contribution in [2.75, 3.05) is 26.8 Å². The number of methoxy groups -OCH3 is 1. The van der Waals surface area contributed by atoms with Gasteiger partial charge in [-0.15, -0.1) is 0 Å². The van der Waals surface area contributed by atoms with Crippen molar-refractivity contribution in [3.63, 3.8) is 0 Å². The van der Waals surface area contributed by atoms with E-state index in [9.17, 15) is 29.1 Å². The van der Waals surface area contributed by atoms with Crippen LogP contribution in [0, 0.1) is 0 Å². The van der Waals surface area contributed by atoms with Crippen molar-refractivity contribution >= 4 is 64.8 Å². The van der Waals surface area contributed by atoms with E-state index in [1.807, 2.05) is 30.3 Å². The number of fused-ring (bicyclic) bond motifs is 1. The number of benzene rings is 3. The van der Waals surface area contributed by atoms with E-state index >= 15 is 0 Å². The monoisotopic (exact) mass is 828 g/mol. The Kier molecular flexibility index (Phi) is 14.5. The van der Waals surface area contributed by atoms with Crippen LogP contribution in [0.3, 0.4) is 0 Å². The SMILES string of the molecule is COC(=O)C(O)(CNC(=O)CNC1CCOc2ccc(N=C(NC(=O)OC(C)(C)C)NC(=O)OC(C)(C)C)cc21)NC(=O)c1c(Cl)cc(-c2ccccc2)cc1Cl. The van der Waals surface area contributed by atoms with Crippen molar-refractivity contribution in [2.45, 2.75) is 70.9 Å². The third kappa shape index (κ3) is 13.1. The summed E-state index contributed by atoms with van der Waals surface area (Å²) in [6.45, 7) is 9.32. The molecule has 306 valence electrons. The minimum absolute atomic E-state index is 0.0419. The molecule has 6 N–H and O–H groups in total. The number of hydrogen-bond donors (Lipinski definition) is 6. The number of rotatable bonds is 10.